The summed E-state index contributed by atoms with van der Waals surface area (Å²) in [6, 6.07) is 23.8. The van der Waals surface area contributed by atoms with Crippen molar-refractivity contribution in [3.63, 3.8) is 0 Å². The molecule has 210 valence electrons. The lowest BCUT2D eigenvalue weighted by Gasteiger charge is -2.25. The van der Waals surface area contributed by atoms with Crippen LogP contribution in [0.1, 0.15) is 29.2 Å². The molecule has 0 saturated carbocycles. The molecule has 4 rings (SSSR count). The highest BCUT2D eigenvalue weighted by atomic mass is 16.6. The Kier molecular flexibility index (Phi) is 9.22. The highest BCUT2D eigenvalue weighted by molar-refractivity contribution is 5.75. The second-order valence-corrected chi connectivity index (χ2v) is 9.13. The number of nitriles is 1. The van der Waals surface area contributed by atoms with Gasteiger partial charge in [0.25, 0.3) is 0 Å². The Morgan fingerprint density at radius 3 is 2.00 bits per heavy atom. The number of methoxy groups -OCH3 is 2. The number of ether oxygens (including phenoxy) is 3. The molecular weight excluding hydrogens is 522 g/mol. The molecule has 0 aliphatic carbocycles. The van der Waals surface area contributed by atoms with Gasteiger partial charge in [0, 0.05) is 26.2 Å². The zero-order chi connectivity index (χ0) is 29.4. The number of hydrogen-bond acceptors (Lipinski definition) is 9. The Balaban J connectivity index is 1.82. The summed E-state index contributed by atoms with van der Waals surface area (Å²) in [4.78, 5) is 18.5. The number of pyridine rings is 1. The van der Waals surface area contributed by atoms with E-state index in [2.05, 4.69) is 16.4 Å². The van der Waals surface area contributed by atoms with E-state index in [9.17, 15) is 15.4 Å². The average Bonchev–Trinajstić information content (AvgIpc) is 3.01. The molecule has 1 heterocycles. The first-order chi connectivity index (χ1) is 19.9. The Morgan fingerprint density at radius 2 is 1.54 bits per heavy atom. The van der Waals surface area contributed by atoms with Crippen molar-refractivity contribution in [2.75, 3.05) is 31.5 Å². The van der Waals surface area contributed by atoms with E-state index in [0.717, 1.165) is 16.7 Å². The number of benzene rings is 3. The van der Waals surface area contributed by atoms with Gasteiger partial charge in [0.2, 0.25) is 11.7 Å². The van der Waals surface area contributed by atoms with E-state index in [1.165, 1.54) is 6.07 Å². The van der Waals surface area contributed by atoms with Gasteiger partial charge in [-0.2, -0.15) is 10.2 Å². The first kappa shape index (κ1) is 28.7. The van der Waals surface area contributed by atoms with Gasteiger partial charge >= 0.3 is 5.69 Å². The SMILES string of the molecule is CCc1cc(C#N)ccc1Oc1cc(NC)c([N+](=O)[O-])c(N(Cc2ccc(OC)cc2)Cc2ccc(OC)cc2)n1. The molecule has 41 heavy (non-hydrogen) atoms. The molecule has 0 amide bonds. The zero-order valence-corrected chi connectivity index (χ0v) is 23.4. The molecule has 0 atom stereocenters. The maximum Gasteiger partial charge on any atom is 0.334 e. The third-order valence-electron chi connectivity index (χ3n) is 6.55. The standard InChI is InChI=1S/C31H31N5O5/c1-5-24-16-23(18-32)10-15-28(24)41-29-17-27(33-2)30(36(37)38)31(34-29)35(19-21-6-11-25(39-3)12-7-21)20-22-8-13-26(40-4)14-9-22/h6-17H,5,19-20H2,1-4H3,(H,33,34). The van der Waals surface area contributed by atoms with Crippen LogP contribution >= 0.6 is 0 Å². The molecule has 1 aromatic heterocycles. The van der Waals surface area contributed by atoms with Crippen LogP contribution < -0.4 is 24.4 Å². The number of aromatic nitrogens is 1. The van der Waals surface area contributed by atoms with Gasteiger partial charge in [-0.15, -0.1) is 0 Å². The van der Waals surface area contributed by atoms with E-state index in [1.807, 2.05) is 60.4 Å². The van der Waals surface area contributed by atoms with E-state index in [0.29, 0.717) is 42.3 Å². The van der Waals surface area contributed by atoms with Crippen molar-refractivity contribution in [1.82, 2.24) is 4.98 Å². The van der Waals surface area contributed by atoms with Gasteiger partial charge < -0.3 is 24.4 Å². The summed E-state index contributed by atoms with van der Waals surface area (Å²) < 4.78 is 16.8. The maximum atomic E-state index is 12.4. The van der Waals surface area contributed by atoms with Crippen LogP contribution in [0.25, 0.3) is 0 Å². The quantitative estimate of drug-likeness (QED) is 0.155. The number of nitro groups is 1. The molecule has 0 aliphatic heterocycles. The molecule has 0 aliphatic rings. The van der Waals surface area contributed by atoms with Gasteiger partial charge in [-0.05, 0) is 65.6 Å². The summed E-state index contributed by atoms with van der Waals surface area (Å²) in [5.74, 6) is 2.28. The van der Waals surface area contributed by atoms with Crippen LogP contribution in [0.3, 0.4) is 0 Å². The molecule has 0 saturated heterocycles. The second-order valence-electron chi connectivity index (χ2n) is 9.13. The highest BCUT2D eigenvalue weighted by Crippen LogP contribution is 2.39. The van der Waals surface area contributed by atoms with Crippen LogP contribution in [-0.2, 0) is 19.5 Å². The largest absolute Gasteiger partial charge is 0.497 e. The lowest BCUT2D eigenvalue weighted by atomic mass is 10.1. The van der Waals surface area contributed by atoms with Crippen molar-refractivity contribution in [2.45, 2.75) is 26.4 Å². The fourth-order valence-corrected chi connectivity index (χ4v) is 4.39. The normalized spacial score (nSPS) is 10.4. The molecule has 0 spiro atoms. The average molecular weight is 554 g/mol. The van der Waals surface area contributed by atoms with Gasteiger partial charge in [0.1, 0.15) is 22.9 Å². The number of rotatable bonds is 12. The Hall–Kier alpha value is -5.30. The molecule has 3 aromatic carbocycles. The Morgan fingerprint density at radius 1 is 0.951 bits per heavy atom. The highest BCUT2D eigenvalue weighted by Gasteiger charge is 2.28. The number of anilines is 2. The topological polar surface area (TPSA) is 123 Å². The van der Waals surface area contributed by atoms with E-state index in [4.69, 9.17) is 14.2 Å². The molecule has 0 bridgehead atoms. The molecule has 10 heteroatoms. The smallest absolute Gasteiger partial charge is 0.334 e. The molecule has 0 fully saturated rings. The lowest BCUT2D eigenvalue weighted by Crippen LogP contribution is -2.24. The first-order valence-corrected chi connectivity index (χ1v) is 13.0. The van der Waals surface area contributed by atoms with Crippen molar-refractivity contribution in [2.24, 2.45) is 0 Å². The summed E-state index contributed by atoms with van der Waals surface area (Å²) in [6.07, 6.45) is 0.630. The minimum atomic E-state index is -0.438. The van der Waals surface area contributed by atoms with Crippen molar-refractivity contribution in [3.8, 4) is 29.2 Å². The van der Waals surface area contributed by atoms with Crippen molar-refractivity contribution >= 4 is 17.2 Å². The van der Waals surface area contributed by atoms with Crippen LogP contribution in [0.4, 0.5) is 17.2 Å². The van der Waals surface area contributed by atoms with Gasteiger partial charge in [-0.3, -0.25) is 10.1 Å². The third kappa shape index (κ3) is 6.83. The van der Waals surface area contributed by atoms with Gasteiger partial charge in [-0.25, -0.2) is 0 Å². The van der Waals surface area contributed by atoms with E-state index in [-0.39, 0.29) is 23.1 Å². The fourth-order valence-electron chi connectivity index (χ4n) is 4.39. The number of hydrogen-bond donors (Lipinski definition) is 1. The maximum absolute atomic E-state index is 12.4. The van der Waals surface area contributed by atoms with Crippen molar-refractivity contribution in [1.29, 1.82) is 5.26 Å². The Labute approximate surface area is 238 Å². The molecule has 4 aromatic rings. The lowest BCUT2D eigenvalue weighted by molar-refractivity contribution is -0.383. The summed E-state index contributed by atoms with van der Waals surface area (Å²) in [5, 5.41) is 24.6. The summed E-state index contributed by atoms with van der Waals surface area (Å²) in [6.45, 7) is 2.61. The molecule has 1 N–H and O–H groups in total. The predicted octanol–water partition coefficient (Wildman–Crippen LogP) is 6.48. The van der Waals surface area contributed by atoms with Gasteiger partial charge in [0.15, 0.2) is 0 Å². The second kappa shape index (κ2) is 13.2. The van der Waals surface area contributed by atoms with Crippen molar-refractivity contribution in [3.05, 3.63) is 105 Å². The number of nitrogens with one attached hydrogen (secondary N) is 1. The predicted molar refractivity (Wildman–Crippen MR) is 157 cm³/mol. The van der Waals surface area contributed by atoms with E-state index in [1.54, 1.807) is 39.5 Å². The van der Waals surface area contributed by atoms with Gasteiger partial charge in [0.05, 0.1) is 30.8 Å². The third-order valence-corrected chi connectivity index (χ3v) is 6.55. The minimum Gasteiger partial charge on any atom is -0.497 e. The zero-order valence-electron chi connectivity index (χ0n) is 23.4. The van der Waals surface area contributed by atoms with Crippen LogP contribution in [0, 0.1) is 21.4 Å². The van der Waals surface area contributed by atoms with Crippen molar-refractivity contribution < 1.29 is 19.1 Å². The van der Waals surface area contributed by atoms with Crippen LogP contribution in [0.2, 0.25) is 0 Å². The Bertz CT molecular complexity index is 1500. The molecule has 0 radical (unpaired) electrons. The van der Waals surface area contributed by atoms with Crippen LogP contribution in [-0.4, -0.2) is 31.2 Å². The van der Waals surface area contributed by atoms with Crippen LogP contribution in [0.15, 0.2) is 72.8 Å². The van der Waals surface area contributed by atoms with Crippen LogP contribution in [0.5, 0.6) is 23.1 Å². The van der Waals surface area contributed by atoms with Gasteiger partial charge in [-0.1, -0.05) is 31.2 Å². The molecule has 0 unspecified atom stereocenters. The minimum absolute atomic E-state index is 0.148. The number of nitrogens with zero attached hydrogens (tertiary/aromatic N) is 4. The monoisotopic (exact) mass is 553 g/mol. The summed E-state index contributed by atoms with van der Waals surface area (Å²) >= 11 is 0. The first-order valence-electron chi connectivity index (χ1n) is 13.0. The summed E-state index contributed by atoms with van der Waals surface area (Å²) in [7, 11) is 4.81. The van der Waals surface area contributed by atoms with E-state index < -0.39 is 4.92 Å². The fraction of sp³-hybridized carbons (Fsp3) is 0.226. The molecule has 10 nitrogen and oxygen atoms in total. The van der Waals surface area contributed by atoms with E-state index >= 15 is 0 Å². The summed E-state index contributed by atoms with van der Waals surface area (Å²) in [5.41, 5.74) is 3.26. The number of aryl methyl sites for hydroxylation is 1. The molecular formula is C31H31N5O5.